The van der Waals surface area contributed by atoms with Gasteiger partial charge in [0.25, 0.3) is 11.8 Å². The fraction of sp³-hybridized carbons (Fsp3) is 0.423. The molecule has 0 saturated carbocycles. The van der Waals surface area contributed by atoms with Gasteiger partial charge in [-0.05, 0) is 49.6 Å². The average Bonchev–Trinajstić information content (AvgIpc) is 3.40. The Bertz CT molecular complexity index is 951. The molecule has 2 aromatic carbocycles. The van der Waals surface area contributed by atoms with E-state index in [2.05, 4.69) is 5.32 Å². The maximum atomic E-state index is 12.5. The van der Waals surface area contributed by atoms with Gasteiger partial charge in [-0.1, -0.05) is 32.0 Å². The summed E-state index contributed by atoms with van der Waals surface area (Å²) in [5.74, 6) is 0.898. The highest BCUT2D eigenvalue weighted by Crippen LogP contribution is 2.27. The number of ether oxygens (including phenoxy) is 2. The lowest BCUT2D eigenvalue weighted by atomic mass is 10.0. The van der Waals surface area contributed by atoms with Crippen LogP contribution in [0.25, 0.3) is 0 Å². The third-order valence-electron chi connectivity index (χ3n) is 5.72. The summed E-state index contributed by atoms with van der Waals surface area (Å²) in [6, 6.07) is 13.9. The van der Waals surface area contributed by atoms with E-state index in [1.165, 1.54) is 0 Å². The highest BCUT2D eigenvalue weighted by Gasteiger charge is 2.21. The first-order valence-electron chi connectivity index (χ1n) is 11.6. The number of likely N-dealkylation sites (tertiary alicyclic amines) is 1. The van der Waals surface area contributed by atoms with Gasteiger partial charge < -0.3 is 19.7 Å². The highest BCUT2D eigenvalue weighted by atomic mass is 16.5. The largest absolute Gasteiger partial charge is 0.484 e. The number of Topliss-reactive ketones (excluding diaryl/α,β-unsaturated/α-hetero) is 1. The number of hydrogen-bond acceptors (Lipinski definition) is 5. The van der Waals surface area contributed by atoms with Crippen LogP contribution in [0.2, 0.25) is 0 Å². The summed E-state index contributed by atoms with van der Waals surface area (Å²) in [6.07, 6.45) is 3.17. The third kappa shape index (κ3) is 6.81. The molecule has 1 saturated heterocycles. The van der Waals surface area contributed by atoms with Crippen LogP contribution in [0.5, 0.6) is 11.5 Å². The van der Waals surface area contributed by atoms with Gasteiger partial charge in [-0.25, -0.2) is 0 Å². The summed E-state index contributed by atoms with van der Waals surface area (Å²) < 4.78 is 11.4. The third-order valence-corrected chi connectivity index (χ3v) is 5.72. The Labute approximate surface area is 195 Å². The molecule has 2 amide bonds. The van der Waals surface area contributed by atoms with Crippen molar-refractivity contribution in [3.8, 4) is 11.5 Å². The molecule has 176 valence electrons. The van der Waals surface area contributed by atoms with Gasteiger partial charge in [-0.15, -0.1) is 0 Å². The number of nitrogens with one attached hydrogen (secondary N) is 1. The quantitative estimate of drug-likeness (QED) is 0.522. The molecule has 0 spiro atoms. The first-order chi connectivity index (χ1) is 16.0. The predicted molar refractivity (Wildman–Crippen MR) is 125 cm³/mol. The lowest BCUT2D eigenvalue weighted by Crippen LogP contribution is -2.34. The number of para-hydroxylation sites is 1. The van der Waals surface area contributed by atoms with Gasteiger partial charge >= 0.3 is 0 Å². The SMILES string of the molecule is CCC(=O)c1ccc(OCC(=O)NC(CC)c2ccccc2OCC(=O)N2CCCC2)cc1. The maximum Gasteiger partial charge on any atom is 0.260 e. The van der Waals surface area contributed by atoms with Crippen molar-refractivity contribution in [2.24, 2.45) is 0 Å². The maximum absolute atomic E-state index is 12.5. The van der Waals surface area contributed by atoms with Gasteiger partial charge in [-0.2, -0.15) is 0 Å². The number of benzene rings is 2. The molecule has 3 rings (SSSR count). The summed E-state index contributed by atoms with van der Waals surface area (Å²) in [5.41, 5.74) is 1.45. The van der Waals surface area contributed by atoms with E-state index >= 15 is 0 Å². The minimum Gasteiger partial charge on any atom is -0.484 e. The van der Waals surface area contributed by atoms with Crippen LogP contribution in [0.3, 0.4) is 0 Å². The summed E-state index contributed by atoms with van der Waals surface area (Å²) in [6.45, 7) is 5.20. The summed E-state index contributed by atoms with van der Waals surface area (Å²) in [7, 11) is 0. The molecule has 0 aromatic heterocycles. The molecule has 7 nitrogen and oxygen atoms in total. The molecule has 1 fully saturated rings. The van der Waals surface area contributed by atoms with E-state index in [0.717, 1.165) is 31.5 Å². The van der Waals surface area contributed by atoms with Crippen molar-refractivity contribution < 1.29 is 23.9 Å². The monoisotopic (exact) mass is 452 g/mol. The molecule has 33 heavy (non-hydrogen) atoms. The van der Waals surface area contributed by atoms with Gasteiger partial charge in [-0.3, -0.25) is 14.4 Å². The molecule has 1 aliphatic rings. The smallest absolute Gasteiger partial charge is 0.260 e. The second-order valence-electron chi connectivity index (χ2n) is 8.03. The van der Waals surface area contributed by atoms with Gasteiger partial charge in [0.15, 0.2) is 19.0 Å². The normalized spacial score (nSPS) is 13.9. The molecule has 0 bridgehead atoms. The van der Waals surface area contributed by atoms with Crippen LogP contribution in [0, 0.1) is 0 Å². The van der Waals surface area contributed by atoms with Crippen LogP contribution in [-0.4, -0.2) is 48.8 Å². The highest BCUT2D eigenvalue weighted by molar-refractivity contribution is 5.95. The van der Waals surface area contributed by atoms with Crippen molar-refractivity contribution in [1.29, 1.82) is 0 Å². The molecule has 0 radical (unpaired) electrons. The Morgan fingerprint density at radius 1 is 0.939 bits per heavy atom. The van der Waals surface area contributed by atoms with Crippen LogP contribution in [0.4, 0.5) is 0 Å². The number of carbonyl (C=O) groups is 3. The summed E-state index contributed by atoms with van der Waals surface area (Å²) in [5, 5.41) is 2.98. The van der Waals surface area contributed by atoms with Crippen molar-refractivity contribution in [2.75, 3.05) is 26.3 Å². The van der Waals surface area contributed by atoms with E-state index in [0.29, 0.717) is 29.9 Å². The van der Waals surface area contributed by atoms with E-state index in [-0.39, 0.29) is 36.9 Å². The van der Waals surface area contributed by atoms with Crippen molar-refractivity contribution in [2.45, 2.75) is 45.6 Å². The Kier molecular flexibility index (Phi) is 8.87. The molecule has 2 aromatic rings. The predicted octanol–water partition coefficient (Wildman–Crippen LogP) is 3.93. The molecule has 1 N–H and O–H groups in total. The molecule has 7 heteroatoms. The van der Waals surface area contributed by atoms with Crippen molar-refractivity contribution in [1.82, 2.24) is 10.2 Å². The van der Waals surface area contributed by atoms with E-state index < -0.39 is 0 Å². The zero-order chi connectivity index (χ0) is 23.6. The van der Waals surface area contributed by atoms with Crippen LogP contribution >= 0.6 is 0 Å². The van der Waals surface area contributed by atoms with E-state index in [4.69, 9.17) is 9.47 Å². The molecule has 1 heterocycles. The topological polar surface area (TPSA) is 84.9 Å². The number of nitrogens with zero attached hydrogens (tertiary/aromatic N) is 1. The summed E-state index contributed by atoms with van der Waals surface area (Å²) >= 11 is 0. The van der Waals surface area contributed by atoms with E-state index in [1.54, 1.807) is 24.3 Å². The Balaban J connectivity index is 1.55. The lowest BCUT2D eigenvalue weighted by molar-refractivity contribution is -0.132. The first-order valence-corrected chi connectivity index (χ1v) is 11.6. The van der Waals surface area contributed by atoms with Crippen molar-refractivity contribution in [3.05, 3.63) is 59.7 Å². The fourth-order valence-corrected chi connectivity index (χ4v) is 3.82. The van der Waals surface area contributed by atoms with Gasteiger partial charge in [0.05, 0.1) is 6.04 Å². The zero-order valence-corrected chi connectivity index (χ0v) is 19.3. The number of amides is 2. The minimum atomic E-state index is -0.274. The number of ketones is 1. The fourth-order valence-electron chi connectivity index (χ4n) is 3.82. The molecule has 0 aliphatic carbocycles. The van der Waals surface area contributed by atoms with E-state index in [1.807, 2.05) is 43.0 Å². The summed E-state index contributed by atoms with van der Waals surface area (Å²) in [4.78, 5) is 38.4. The first kappa shape index (κ1) is 24.3. The van der Waals surface area contributed by atoms with Crippen molar-refractivity contribution in [3.63, 3.8) is 0 Å². The lowest BCUT2D eigenvalue weighted by Gasteiger charge is -2.22. The van der Waals surface area contributed by atoms with Crippen LogP contribution < -0.4 is 14.8 Å². The number of rotatable bonds is 11. The average molecular weight is 453 g/mol. The van der Waals surface area contributed by atoms with Crippen LogP contribution in [0.15, 0.2) is 48.5 Å². The number of hydrogen-bond donors (Lipinski definition) is 1. The zero-order valence-electron chi connectivity index (χ0n) is 19.3. The molecule has 1 unspecified atom stereocenters. The van der Waals surface area contributed by atoms with Crippen LogP contribution in [0.1, 0.15) is 61.5 Å². The standard InChI is InChI=1S/C26H32N2O5/c1-3-22(27-25(30)17-32-20-13-11-19(12-14-20)23(29)4-2)21-9-5-6-10-24(21)33-18-26(31)28-15-7-8-16-28/h5-6,9-14,22H,3-4,7-8,15-18H2,1-2H3,(H,27,30). The second-order valence-corrected chi connectivity index (χ2v) is 8.03. The van der Waals surface area contributed by atoms with Gasteiger partial charge in [0, 0.05) is 30.6 Å². The Morgan fingerprint density at radius 2 is 1.64 bits per heavy atom. The van der Waals surface area contributed by atoms with Crippen LogP contribution in [-0.2, 0) is 9.59 Å². The minimum absolute atomic E-state index is 0.0129. The Hall–Kier alpha value is -3.35. The molecular formula is C26H32N2O5. The molecular weight excluding hydrogens is 420 g/mol. The molecule has 1 aliphatic heterocycles. The second kappa shape index (κ2) is 12.0. The van der Waals surface area contributed by atoms with Crippen molar-refractivity contribution >= 4 is 17.6 Å². The molecule has 1 atom stereocenters. The Morgan fingerprint density at radius 3 is 2.30 bits per heavy atom. The van der Waals surface area contributed by atoms with E-state index in [9.17, 15) is 14.4 Å². The van der Waals surface area contributed by atoms with Gasteiger partial charge in [0.2, 0.25) is 0 Å². The number of carbonyl (C=O) groups excluding carboxylic acids is 3. The van der Waals surface area contributed by atoms with Gasteiger partial charge in [0.1, 0.15) is 11.5 Å².